The molecule has 0 aromatic heterocycles. The van der Waals surface area contributed by atoms with Crippen LogP contribution in [-0.2, 0) is 16.0 Å². The van der Waals surface area contributed by atoms with Gasteiger partial charge in [0.1, 0.15) is 0 Å². The first-order valence-corrected chi connectivity index (χ1v) is 7.77. The van der Waals surface area contributed by atoms with Crippen molar-refractivity contribution in [1.29, 1.82) is 0 Å². The Labute approximate surface area is 128 Å². The van der Waals surface area contributed by atoms with Gasteiger partial charge in [-0.25, -0.2) is 0 Å². The van der Waals surface area contributed by atoms with E-state index in [9.17, 15) is 4.79 Å². The number of carbonyl (C=O) groups excluding carboxylic acids is 1. The molecule has 1 saturated heterocycles. The minimum absolute atomic E-state index is 0.0811. The number of benzene rings is 1. The number of nitrogens with one attached hydrogen (secondary N) is 2. The molecule has 5 heteroatoms. The largest absolute Gasteiger partial charge is 0.378 e. The second-order valence-electron chi connectivity index (χ2n) is 5.23. The Morgan fingerprint density at radius 3 is 2.90 bits per heavy atom. The summed E-state index contributed by atoms with van der Waals surface area (Å²) in [6.45, 7) is 4.21. The Bertz CT molecular complexity index is 430. The molecule has 2 atom stereocenters. The highest BCUT2D eigenvalue weighted by Crippen LogP contribution is 2.12. The summed E-state index contributed by atoms with van der Waals surface area (Å²) in [6.07, 6.45) is 1.32. The van der Waals surface area contributed by atoms with Gasteiger partial charge in [0.2, 0.25) is 5.91 Å². The molecule has 110 valence electrons. The van der Waals surface area contributed by atoms with Crippen molar-refractivity contribution < 1.29 is 9.53 Å². The third-order valence-corrected chi connectivity index (χ3v) is 3.82. The van der Waals surface area contributed by atoms with Crippen LogP contribution in [0.1, 0.15) is 18.9 Å². The lowest BCUT2D eigenvalue weighted by atomic mass is 10.1. The Balaban J connectivity index is 1.74. The highest BCUT2D eigenvalue weighted by molar-refractivity contribution is 9.10. The van der Waals surface area contributed by atoms with Crippen LogP contribution in [0.4, 0.5) is 0 Å². The summed E-state index contributed by atoms with van der Waals surface area (Å²) in [6, 6.07) is 8.46. The molecule has 1 aliphatic rings. The van der Waals surface area contributed by atoms with Crippen LogP contribution in [0.25, 0.3) is 0 Å². The molecule has 2 rings (SSSR count). The second-order valence-corrected chi connectivity index (χ2v) is 6.14. The van der Waals surface area contributed by atoms with Crippen molar-refractivity contribution in [3.05, 3.63) is 34.3 Å². The van der Waals surface area contributed by atoms with Crippen molar-refractivity contribution in [2.75, 3.05) is 19.8 Å². The van der Waals surface area contributed by atoms with Crippen LogP contribution in [-0.4, -0.2) is 37.7 Å². The van der Waals surface area contributed by atoms with Crippen LogP contribution in [0, 0.1) is 0 Å². The van der Waals surface area contributed by atoms with Gasteiger partial charge in [-0.2, -0.15) is 0 Å². The molecule has 2 N–H and O–H groups in total. The van der Waals surface area contributed by atoms with E-state index in [4.69, 9.17) is 4.74 Å². The first-order valence-electron chi connectivity index (χ1n) is 6.98. The van der Waals surface area contributed by atoms with Gasteiger partial charge in [0.25, 0.3) is 0 Å². The number of hydrogen-bond donors (Lipinski definition) is 2. The van der Waals surface area contributed by atoms with Crippen LogP contribution < -0.4 is 10.6 Å². The highest BCUT2D eigenvalue weighted by Gasteiger charge is 2.17. The van der Waals surface area contributed by atoms with E-state index in [1.54, 1.807) is 0 Å². The van der Waals surface area contributed by atoms with E-state index in [0.29, 0.717) is 13.0 Å². The zero-order valence-corrected chi connectivity index (χ0v) is 13.3. The fourth-order valence-corrected chi connectivity index (χ4v) is 2.60. The van der Waals surface area contributed by atoms with Crippen molar-refractivity contribution in [3.63, 3.8) is 0 Å². The number of rotatable bonds is 5. The van der Waals surface area contributed by atoms with Gasteiger partial charge in [0.15, 0.2) is 0 Å². The summed E-state index contributed by atoms with van der Waals surface area (Å²) in [4.78, 5) is 12.0. The average molecular weight is 341 g/mol. The predicted molar refractivity (Wildman–Crippen MR) is 82.7 cm³/mol. The van der Waals surface area contributed by atoms with Gasteiger partial charge in [-0.15, -0.1) is 0 Å². The molecule has 4 nitrogen and oxygen atoms in total. The first-order chi connectivity index (χ1) is 9.63. The van der Waals surface area contributed by atoms with E-state index in [1.165, 1.54) is 5.56 Å². The van der Waals surface area contributed by atoms with Gasteiger partial charge in [0.05, 0.1) is 13.2 Å². The van der Waals surface area contributed by atoms with E-state index in [1.807, 2.05) is 19.1 Å². The Kier molecular flexibility index (Phi) is 6.01. The maximum Gasteiger partial charge on any atom is 0.221 e. The molecular weight excluding hydrogens is 320 g/mol. The first kappa shape index (κ1) is 15.5. The average Bonchev–Trinajstić information content (AvgIpc) is 2.42. The molecule has 0 spiro atoms. The molecule has 0 aliphatic carbocycles. The lowest BCUT2D eigenvalue weighted by Gasteiger charge is -2.24. The van der Waals surface area contributed by atoms with Crippen LogP contribution in [0.2, 0.25) is 0 Å². The maximum absolute atomic E-state index is 12.0. The van der Waals surface area contributed by atoms with Crippen molar-refractivity contribution in [3.8, 4) is 0 Å². The third-order valence-electron chi connectivity index (χ3n) is 3.29. The smallest absolute Gasteiger partial charge is 0.221 e. The maximum atomic E-state index is 12.0. The zero-order chi connectivity index (χ0) is 14.4. The Morgan fingerprint density at radius 1 is 1.50 bits per heavy atom. The standard InChI is InChI=1S/C15H21BrN2O2/c1-11(8-12-2-4-13(16)5-3-12)18-15(19)9-14-10-20-7-6-17-14/h2-5,11,14,17H,6-10H2,1H3,(H,18,19). The summed E-state index contributed by atoms with van der Waals surface area (Å²) < 4.78 is 6.42. The number of ether oxygens (including phenoxy) is 1. The summed E-state index contributed by atoms with van der Waals surface area (Å²) >= 11 is 3.42. The number of morpholine rings is 1. The lowest BCUT2D eigenvalue weighted by molar-refractivity contribution is -0.122. The highest BCUT2D eigenvalue weighted by atomic mass is 79.9. The SMILES string of the molecule is CC(Cc1ccc(Br)cc1)NC(=O)CC1COCCN1. The monoisotopic (exact) mass is 340 g/mol. The topological polar surface area (TPSA) is 50.4 Å². The van der Waals surface area contributed by atoms with Crippen molar-refractivity contribution in [1.82, 2.24) is 10.6 Å². The second kappa shape index (κ2) is 7.76. The van der Waals surface area contributed by atoms with Crippen LogP contribution in [0.15, 0.2) is 28.7 Å². The molecule has 20 heavy (non-hydrogen) atoms. The van der Waals surface area contributed by atoms with E-state index < -0.39 is 0 Å². The van der Waals surface area contributed by atoms with Crippen LogP contribution in [0.3, 0.4) is 0 Å². The van der Waals surface area contributed by atoms with E-state index in [0.717, 1.165) is 24.0 Å². The number of amides is 1. The molecule has 0 bridgehead atoms. The zero-order valence-electron chi connectivity index (χ0n) is 11.7. The van der Waals surface area contributed by atoms with E-state index in [2.05, 4.69) is 38.7 Å². The molecule has 1 heterocycles. The van der Waals surface area contributed by atoms with Crippen LogP contribution >= 0.6 is 15.9 Å². The number of halogens is 1. The number of hydrogen-bond acceptors (Lipinski definition) is 3. The normalized spacial score (nSPS) is 20.4. The molecule has 2 unspecified atom stereocenters. The molecule has 1 aromatic rings. The number of carbonyl (C=O) groups is 1. The minimum atomic E-state index is 0.0811. The summed E-state index contributed by atoms with van der Waals surface area (Å²) in [7, 11) is 0. The van der Waals surface area contributed by atoms with Gasteiger partial charge in [-0.1, -0.05) is 28.1 Å². The van der Waals surface area contributed by atoms with Gasteiger partial charge < -0.3 is 15.4 Å². The van der Waals surface area contributed by atoms with E-state index >= 15 is 0 Å². The molecule has 0 saturated carbocycles. The van der Waals surface area contributed by atoms with Crippen LogP contribution in [0.5, 0.6) is 0 Å². The quantitative estimate of drug-likeness (QED) is 0.860. The lowest BCUT2D eigenvalue weighted by Crippen LogP contribution is -2.45. The summed E-state index contributed by atoms with van der Waals surface area (Å²) in [5.41, 5.74) is 1.22. The molecule has 1 aromatic carbocycles. The Hall–Kier alpha value is -0.910. The summed E-state index contributed by atoms with van der Waals surface area (Å²) in [5, 5.41) is 6.33. The van der Waals surface area contributed by atoms with Crippen molar-refractivity contribution in [2.24, 2.45) is 0 Å². The molecule has 1 amide bonds. The molecule has 1 aliphatic heterocycles. The van der Waals surface area contributed by atoms with Crippen molar-refractivity contribution in [2.45, 2.75) is 31.8 Å². The van der Waals surface area contributed by atoms with E-state index in [-0.39, 0.29) is 18.0 Å². The van der Waals surface area contributed by atoms with Gasteiger partial charge >= 0.3 is 0 Å². The fourth-order valence-electron chi connectivity index (χ4n) is 2.33. The molecular formula is C15H21BrN2O2. The van der Waals surface area contributed by atoms with Gasteiger partial charge in [0, 0.05) is 29.5 Å². The van der Waals surface area contributed by atoms with Crippen molar-refractivity contribution >= 4 is 21.8 Å². The fraction of sp³-hybridized carbons (Fsp3) is 0.533. The minimum Gasteiger partial charge on any atom is -0.378 e. The molecule has 0 radical (unpaired) electrons. The third kappa shape index (κ3) is 5.23. The Morgan fingerprint density at radius 2 is 2.25 bits per heavy atom. The van der Waals surface area contributed by atoms with Gasteiger partial charge in [-0.3, -0.25) is 4.79 Å². The molecule has 1 fully saturated rings. The van der Waals surface area contributed by atoms with Gasteiger partial charge in [-0.05, 0) is 31.0 Å². The predicted octanol–water partition coefficient (Wildman–Crippen LogP) is 1.87. The summed E-state index contributed by atoms with van der Waals surface area (Å²) in [5.74, 6) is 0.0811.